The zero-order chi connectivity index (χ0) is 20.0. The molecule has 3 heterocycles. The number of anilines is 1. The number of ether oxygens (including phenoxy) is 1. The lowest BCUT2D eigenvalue weighted by Gasteiger charge is -2.18. The fourth-order valence-corrected chi connectivity index (χ4v) is 4.59. The molecule has 1 fully saturated rings. The summed E-state index contributed by atoms with van der Waals surface area (Å²) in [4.78, 5) is 30.2. The van der Waals surface area contributed by atoms with Crippen LogP contribution in [0.2, 0.25) is 0 Å². The Balaban J connectivity index is 1.75. The number of fused-ring (bicyclic) bond motifs is 1. The van der Waals surface area contributed by atoms with Crippen molar-refractivity contribution in [2.45, 2.75) is 24.5 Å². The standard InChI is InChI=1S/C11H17N5O9P2/c1-26(19,20)25-27(21,22)23-2-5-7(17)8(18)11(24-5)16-4-15-6-9(12)13-3-14-10(6)16/h3-5,7-8,11,17-18H,2H2,1H3,(H,19,20)(H,21,22)(H2,12,13,14)/t5?,7-,8-,11-/m1/s1. The number of hydrogen-bond acceptors (Lipinski definition) is 11. The third-order valence-electron chi connectivity index (χ3n) is 3.66. The molecule has 0 saturated carbocycles. The van der Waals surface area contributed by atoms with Gasteiger partial charge in [-0.25, -0.2) is 23.8 Å². The fraction of sp³-hybridized carbons (Fsp3) is 0.545. The number of hydrogen-bond donors (Lipinski definition) is 5. The van der Waals surface area contributed by atoms with Crippen molar-refractivity contribution in [1.29, 1.82) is 0 Å². The van der Waals surface area contributed by atoms with E-state index in [4.69, 9.17) is 15.4 Å². The molecule has 1 aliphatic rings. The third kappa shape index (κ3) is 4.35. The number of phosphoric acid groups is 1. The molecular weight excluding hydrogens is 408 g/mol. The molecule has 0 spiro atoms. The number of nitrogens with two attached hydrogens (primary N) is 1. The monoisotopic (exact) mass is 425 g/mol. The molecule has 0 aliphatic carbocycles. The first-order valence-electron chi connectivity index (χ1n) is 7.42. The van der Waals surface area contributed by atoms with Crippen LogP contribution in [0.15, 0.2) is 12.7 Å². The van der Waals surface area contributed by atoms with E-state index in [0.29, 0.717) is 6.66 Å². The minimum atomic E-state index is -4.88. The van der Waals surface area contributed by atoms with E-state index in [0.717, 1.165) is 0 Å². The van der Waals surface area contributed by atoms with Crippen LogP contribution in [0.1, 0.15) is 6.23 Å². The zero-order valence-corrected chi connectivity index (χ0v) is 15.6. The first kappa shape index (κ1) is 20.3. The Kier molecular flexibility index (Phi) is 5.38. The van der Waals surface area contributed by atoms with Crippen molar-refractivity contribution in [2.75, 3.05) is 19.0 Å². The molecule has 6 N–H and O–H groups in total. The van der Waals surface area contributed by atoms with E-state index in [1.165, 1.54) is 17.2 Å². The Bertz CT molecular complexity index is 932. The largest absolute Gasteiger partial charge is 0.479 e. The number of nitrogen functional groups attached to an aromatic ring is 1. The Labute approximate surface area is 151 Å². The second-order valence-corrected chi connectivity index (χ2v) is 9.23. The highest BCUT2D eigenvalue weighted by molar-refractivity contribution is 7.63. The number of phosphoric ester groups is 1. The molecule has 6 atom stereocenters. The van der Waals surface area contributed by atoms with Crippen molar-refractivity contribution in [3.05, 3.63) is 12.7 Å². The quantitative estimate of drug-likeness (QED) is 0.351. The molecule has 0 amide bonds. The van der Waals surface area contributed by atoms with Gasteiger partial charge in [-0.2, -0.15) is 0 Å². The number of aliphatic hydroxyl groups is 2. The molecule has 0 radical (unpaired) electrons. The van der Waals surface area contributed by atoms with Crippen LogP contribution in [-0.2, 0) is 22.7 Å². The third-order valence-corrected chi connectivity index (χ3v) is 6.17. The first-order valence-corrected chi connectivity index (χ1v) is 10.9. The Morgan fingerprint density at radius 3 is 2.63 bits per heavy atom. The summed E-state index contributed by atoms with van der Waals surface area (Å²) in [5.41, 5.74) is 6.19. The number of aromatic nitrogens is 4. The Morgan fingerprint density at radius 2 is 1.96 bits per heavy atom. The number of rotatable bonds is 6. The van der Waals surface area contributed by atoms with E-state index < -0.39 is 46.6 Å². The van der Waals surface area contributed by atoms with Gasteiger partial charge in [-0.15, -0.1) is 0 Å². The van der Waals surface area contributed by atoms with Crippen LogP contribution < -0.4 is 5.73 Å². The highest BCUT2D eigenvalue weighted by Crippen LogP contribution is 2.58. The van der Waals surface area contributed by atoms with Crippen LogP contribution in [0.25, 0.3) is 11.2 Å². The minimum absolute atomic E-state index is 0.109. The van der Waals surface area contributed by atoms with Gasteiger partial charge in [0.1, 0.15) is 30.2 Å². The van der Waals surface area contributed by atoms with Crippen LogP contribution in [0.4, 0.5) is 5.82 Å². The lowest BCUT2D eigenvalue weighted by molar-refractivity contribution is -0.0501. The van der Waals surface area contributed by atoms with Crippen molar-refractivity contribution in [1.82, 2.24) is 19.5 Å². The molecule has 1 saturated heterocycles. The van der Waals surface area contributed by atoms with Crippen molar-refractivity contribution in [2.24, 2.45) is 0 Å². The van der Waals surface area contributed by atoms with E-state index in [2.05, 4.69) is 23.8 Å². The molecule has 27 heavy (non-hydrogen) atoms. The van der Waals surface area contributed by atoms with Gasteiger partial charge in [-0.1, -0.05) is 0 Å². The molecule has 3 rings (SSSR count). The summed E-state index contributed by atoms with van der Waals surface area (Å²) in [5, 5.41) is 20.4. The van der Waals surface area contributed by atoms with E-state index >= 15 is 0 Å². The molecule has 3 unspecified atom stereocenters. The molecule has 16 heteroatoms. The molecule has 150 valence electrons. The highest BCUT2D eigenvalue weighted by Gasteiger charge is 2.45. The number of nitrogens with zero attached hydrogens (tertiary/aromatic N) is 4. The maximum Gasteiger partial charge on any atom is 0.479 e. The minimum Gasteiger partial charge on any atom is -0.387 e. The van der Waals surface area contributed by atoms with Crippen molar-refractivity contribution in [3.8, 4) is 0 Å². The van der Waals surface area contributed by atoms with E-state index in [9.17, 15) is 24.2 Å². The number of aliphatic hydroxyl groups excluding tert-OH is 2. The Morgan fingerprint density at radius 1 is 1.26 bits per heavy atom. The average molecular weight is 425 g/mol. The van der Waals surface area contributed by atoms with Gasteiger partial charge in [0.2, 0.25) is 0 Å². The Hall–Kier alpha value is -1.47. The van der Waals surface area contributed by atoms with Gasteiger partial charge in [0.15, 0.2) is 17.7 Å². The lowest BCUT2D eigenvalue weighted by Crippen LogP contribution is -2.33. The van der Waals surface area contributed by atoms with E-state index in [1.807, 2.05) is 0 Å². The summed E-state index contributed by atoms with van der Waals surface area (Å²) in [6, 6.07) is 0. The molecule has 0 bridgehead atoms. The van der Waals surface area contributed by atoms with Gasteiger partial charge in [-0.3, -0.25) is 13.7 Å². The van der Waals surface area contributed by atoms with Crippen LogP contribution in [0.3, 0.4) is 0 Å². The molecule has 2 aromatic heterocycles. The summed E-state index contributed by atoms with van der Waals surface area (Å²) < 4.78 is 38.1. The maximum absolute atomic E-state index is 11.6. The van der Waals surface area contributed by atoms with Gasteiger partial charge < -0.3 is 30.5 Å². The molecular formula is C11H17N5O9P2. The van der Waals surface area contributed by atoms with E-state index in [1.54, 1.807) is 0 Å². The molecule has 2 aromatic rings. The molecule has 14 nitrogen and oxygen atoms in total. The van der Waals surface area contributed by atoms with Crippen LogP contribution in [0, 0.1) is 0 Å². The summed E-state index contributed by atoms with van der Waals surface area (Å²) >= 11 is 0. The van der Waals surface area contributed by atoms with Gasteiger partial charge in [0.05, 0.1) is 12.9 Å². The SMILES string of the molecule is CP(=O)(O)OP(=O)(O)OCC1O[C@@H](n2cnc3c(N)ncnc32)[C@H](O)[C@@H]1O. The van der Waals surface area contributed by atoms with Crippen LogP contribution >= 0.6 is 15.4 Å². The predicted molar refractivity (Wildman–Crippen MR) is 88.3 cm³/mol. The fourth-order valence-electron chi connectivity index (χ4n) is 2.54. The summed E-state index contributed by atoms with van der Waals surface area (Å²) in [7, 11) is -9.17. The van der Waals surface area contributed by atoms with Crippen molar-refractivity contribution >= 4 is 32.4 Å². The van der Waals surface area contributed by atoms with Gasteiger partial charge in [0, 0.05) is 6.66 Å². The zero-order valence-electron chi connectivity index (χ0n) is 13.8. The molecule has 1 aliphatic heterocycles. The second-order valence-electron chi connectivity index (χ2n) is 5.78. The predicted octanol–water partition coefficient (Wildman–Crippen LogP) is -1.02. The van der Waals surface area contributed by atoms with Crippen LogP contribution in [0.5, 0.6) is 0 Å². The summed E-state index contributed by atoms with van der Waals surface area (Å²) in [6.45, 7) is 0.00387. The number of imidazole rings is 1. The van der Waals surface area contributed by atoms with Crippen LogP contribution in [-0.4, -0.2) is 71.1 Å². The van der Waals surface area contributed by atoms with E-state index in [-0.39, 0.29) is 17.0 Å². The average Bonchev–Trinajstić information content (AvgIpc) is 3.07. The smallest absolute Gasteiger partial charge is 0.387 e. The normalized spacial score (nSPS) is 30.3. The lowest BCUT2D eigenvalue weighted by atomic mass is 10.1. The van der Waals surface area contributed by atoms with Crippen molar-refractivity contribution < 1.29 is 42.7 Å². The maximum atomic E-state index is 11.6. The second kappa shape index (κ2) is 7.17. The molecule has 0 aromatic carbocycles. The van der Waals surface area contributed by atoms with Gasteiger partial charge in [0.25, 0.3) is 0 Å². The van der Waals surface area contributed by atoms with Gasteiger partial charge in [-0.05, 0) is 0 Å². The highest BCUT2D eigenvalue weighted by atomic mass is 31.3. The first-order chi connectivity index (χ1) is 12.5. The summed E-state index contributed by atoms with van der Waals surface area (Å²) in [6.07, 6.45) is -2.90. The summed E-state index contributed by atoms with van der Waals surface area (Å²) in [5.74, 6) is 0.109. The topological polar surface area (TPSA) is 212 Å². The van der Waals surface area contributed by atoms with Crippen molar-refractivity contribution in [3.63, 3.8) is 0 Å². The van der Waals surface area contributed by atoms with Gasteiger partial charge >= 0.3 is 15.4 Å².